The van der Waals surface area contributed by atoms with E-state index in [9.17, 15) is 0 Å². The summed E-state index contributed by atoms with van der Waals surface area (Å²) in [6, 6.07) is 12.5. The second-order valence-electron chi connectivity index (χ2n) is 4.73. The molecule has 1 aromatic carbocycles. The van der Waals surface area contributed by atoms with E-state index in [-0.39, 0.29) is 0 Å². The van der Waals surface area contributed by atoms with Gasteiger partial charge in [0.25, 0.3) is 0 Å². The van der Waals surface area contributed by atoms with Crippen molar-refractivity contribution in [2.75, 3.05) is 0 Å². The van der Waals surface area contributed by atoms with Crippen LogP contribution in [0.3, 0.4) is 0 Å². The molecule has 1 N–H and O–H groups in total. The van der Waals surface area contributed by atoms with Crippen molar-refractivity contribution in [3.05, 3.63) is 53.9 Å². The fourth-order valence-corrected chi connectivity index (χ4v) is 1.43. The van der Waals surface area contributed by atoms with E-state index in [0.29, 0.717) is 11.8 Å². The molecule has 0 spiro atoms. The van der Waals surface area contributed by atoms with E-state index in [1.165, 1.54) is 11.3 Å². The zero-order valence-corrected chi connectivity index (χ0v) is 11.1. The molecule has 1 heterocycles. The maximum absolute atomic E-state index is 3.82. The van der Waals surface area contributed by atoms with Gasteiger partial charge in [-0.2, -0.15) is 5.10 Å². The van der Waals surface area contributed by atoms with E-state index in [4.69, 9.17) is 0 Å². The van der Waals surface area contributed by atoms with Gasteiger partial charge in [0.05, 0.1) is 0 Å². The number of nitrogens with zero attached hydrogens (tertiary/aromatic N) is 1. The lowest BCUT2D eigenvalue weighted by Crippen LogP contribution is -1.85. The zero-order valence-electron chi connectivity index (χ0n) is 11.1. The Morgan fingerprint density at radius 1 is 0.882 bits per heavy atom. The van der Waals surface area contributed by atoms with Crippen molar-refractivity contribution in [2.24, 2.45) is 0 Å². The summed E-state index contributed by atoms with van der Waals surface area (Å²) >= 11 is 0. The van der Waals surface area contributed by atoms with Gasteiger partial charge in [0.2, 0.25) is 0 Å². The smallest absolute Gasteiger partial charge is 0.0490 e. The SMILES string of the molecule is CC(C)c1ccccc1.CC(C)c1ccn[nH]1. The van der Waals surface area contributed by atoms with Crippen LogP contribution in [0.1, 0.15) is 50.8 Å². The number of aromatic nitrogens is 2. The van der Waals surface area contributed by atoms with Gasteiger partial charge in [-0.3, -0.25) is 5.10 Å². The molecule has 0 atom stereocenters. The summed E-state index contributed by atoms with van der Waals surface area (Å²) in [5, 5.41) is 6.70. The van der Waals surface area contributed by atoms with Gasteiger partial charge in [-0.05, 0) is 23.5 Å². The van der Waals surface area contributed by atoms with Crippen LogP contribution in [-0.2, 0) is 0 Å². The Labute approximate surface area is 104 Å². The molecule has 1 aromatic heterocycles. The number of H-pyrrole nitrogens is 1. The molecule has 0 saturated heterocycles. The van der Waals surface area contributed by atoms with Crippen molar-refractivity contribution in [1.29, 1.82) is 0 Å². The Balaban J connectivity index is 0.000000171. The van der Waals surface area contributed by atoms with Gasteiger partial charge in [-0.1, -0.05) is 58.0 Å². The van der Waals surface area contributed by atoms with Crippen LogP contribution in [0.4, 0.5) is 0 Å². The highest BCUT2D eigenvalue weighted by molar-refractivity contribution is 5.17. The number of benzene rings is 1. The highest BCUT2D eigenvalue weighted by Crippen LogP contribution is 2.11. The summed E-state index contributed by atoms with van der Waals surface area (Å²) in [5.74, 6) is 1.23. The Morgan fingerprint density at radius 3 is 1.82 bits per heavy atom. The Morgan fingerprint density at radius 2 is 1.53 bits per heavy atom. The molecule has 0 aliphatic carbocycles. The molecule has 92 valence electrons. The van der Waals surface area contributed by atoms with E-state index in [0.717, 1.165) is 0 Å². The molecule has 0 saturated carbocycles. The van der Waals surface area contributed by atoms with Crippen molar-refractivity contribution in [3.63, 3.8) is 0 Å². The molecule has 0 unspecified atom stereocenters. The maximum Gasteiger partial charge on any atom is 0.0490 e. The zero-order chi connectivity index (χ0) is 12.7. The number of hydrogen-bond acceptors (Lipinski definition) is 1. The van der Waals surface area contributed by atoms with Gasteiger partial charge >= 0.3 is 0 Å². The summed E-state index contributed by atoms with van der Waals surface area (Å²) in [6.07, 6.45) is 1.77. The van der Waals surface area contributed by atoms with Crippen LogP contribution >= 0.6 is 0 Å². The molecule has 0 radical (unpaired) electrons. The van der Waals surface area contributed by atoms with Gasteiger partial charge in [-0.25, -0.2) is 0 Å². The van der Waals surface area contributed by atoms with E-state index in [2.05, 4.69) is 62.2 Å². The summed E-state index contributed by atoms with van der Waals surface area (Å²) in [6.45, 7) is 8.67. The van der Waals surface area contributed by atoms with E-state index in [1.807, 2.05) is 12.1 Å². The lowest BCUT2D eigenvalue weighted by molar-refractivity contribution is 0.810. The molecule has 2 nitrogen and oxygen atoms in total. The highest BCUT2D eigenvalue weighted by atomic mass is 15.1. The average Bonchev–Trinajstić information content (AvgIpc) is 2.84. The van der Waals surface area contributed by atoms with Gasteiger partial charge in [0.15, 0.2) is 0 Å². The first-order valence-corrected chi connectivity index (χ1v) is 6.15. The summed E-state index contributed by atoms with van der Waals surface area (Å²) in [4.78, 5) is 0. The lowest BCUT2D eigenvalue weighted by atomic mass is 10.0. The van der Waals surface area contributed by atoms with E-state index in [1.54, 1.807) is 6.20 Å². The first kappa shape index (κ1) is 13.5. The third-order valence-electron chi connectivity index (χ3n) is 2.61. The first-order chi connectivity index (χ1) is 8.11. The number of rotatable bonds is 2. The number of aromatic amines is 1. The minimum atomic E-state index is 0.567. The Kier molecular flexibility index (Phi) is 5.47. The number of hydrogen-bond donors (Lipinski definition) is 1. The standard InChI is InChI=1S/C9H12.C6H10N2/c1-8(2)9-6-4-3-5-7-9;1-5(2)6-3-4-7-8-6/h3-8H,1-2H3;3-5H,1-2H3,(H,7,8). The quantitative estimate of drug-likeness (QED) is 0.816. The van der Waals surface area contributed by atoms with Gasteiger partial charge in [0, 0.05) is 11.9 Å². The Hall–Kier alpha value is -1.57. The van der Waals surface area contributed by atoms with Crippen molar-refractivity contribution in [3.8, 4) is 0 Å². The first-order valence-electron chi connectivity index (χ1n) is 6.15. The molecular weight excluding hydrogens is 208 g/mol. The maximum atomic E-state index is 3.82. The molecule has 2 rings (SSSR count). The predicted octanol–water partition coefficient (Wildman–Crippen LogP) is 4.34. The summed E-state index contributed by atoms with van der Waals surface area (Å²) < 4.78 is 0. The molecule has 0 aliphatic heterocycles. The normalized spacial score (nSPS) is 10.2. The largest absolute Gasteiger partial charge is 0.282 e. The molecular formula is C15H22N2. The topological polar surface area (TPSA) is 28.7 Å². The van der Waals surface area contributed by atoms with Crippen molar-refractivity contribution >= 4 is 0 Å². The molecule has 2 heteroatoms. The molecule has 0 bridgehead atoms. The fourth-order valence-electron chi connectivity index (χ4n) is 1.43. The highest BCUT2D eigenvalue weighted by Gasteiger charge is 1.96. The van der Waals surface area contributed by atoms with Gasteiger partial charge < -0.3 is 0 Å². The average molecular weight is 230 g/mol. The van der Waals surface area contributed by atoms with Crippen LogP contribution in [0.2, 0.25) is 0 Å². The minimum absolute atomic E-state index is 0.567. The van der Waals surface area contributed by atoms with Crippen molar-refractivity contribution in [1.82, 2.24) is 10.2 Å². The second kappa shape index (κ2) is 6.89. The number of nitrogens with one attached hydrogen (secondary N) is 1. The van der Waals surface area contributed by atoms with E-state index < -0.39 is 0 Å². The molecule has 17 heavy (non-hydrogen) atoms. The van der Waals surface area contributed by atoms with Crippen molar-refractivity contribution in [2.45, 2.75) is 39.5 Å². The molecule has 2 aromatic rings. The predicted molar refractivity (Wildman–Crippen MR) is 73.2 cm³/mol. The lowest BCUT2D eigenvalue weighted by Gasteiger charge is -2.01. The third kappa shape index (κ3) is 4.85. The van der Waals surface area contributed by atoms with Crippen LogP contribution in [-0.4, -0.2) is 10.2 Å². The van der Waals surface area contributed by atoms with Crippen LogP contribution in [0.25, 0.3) is 0 Å². The minimum Gasteiger partial charge on any atom is -0.282 e. The fraction of sp³-hybridized carbons (Fsp3) is 0.400. The van der Waals surface area contributed by atoms with E-state index >= 15 is 0 Å². The van der Waals surface area contributed by atoms with Crippen molar-refractivity contribution < 1.29 is 0 Å². The van der Waals surface area contributed by atoms with Crippen LogP contribution < -0.4 is 0 Å². The van der Waals surface area contributed by atoms with Crippen LogP contribution in [0.5, 0.6) is 0 Å². The molecule has 0 amide bonds. The molecule has 0 aliphatic rings. The third-order valence-corrected chi connectivity index (χ3v) is 2.61. The van der Waals surface area contributed by atoms with Gasteiger partial charge in [0.1, 0.15) is 0 Å². The monoisotopic (exact) mass is 230 g/mol. The van der Waals surface area contributed by atoms with Crippen LogP contribution in [0.15, 0.2) is 42.6 Å². The Bertz CT molecular complexity index is 388. The van der Waals surface area contributed by atoms with Gasteiger partial charge in [-0.15, -0.1) is 0 Å². The summed E-state index contributed by atoms with van der Waals surface area (Å²) in [5.41, 5.74) is 2.61. The molecule has 0 fully saturated rings. The van der Waals surface area contributed by atoms with Crippen LogP contribution in [0, 0.1) is 0 Å². The summed E-state index contributed by atoms with van der Waals surface area (Å²) in [7, 11) is 0. The second-order valence-corrected chi connectivity index (χ2v) is 4.73.